The quantitative estimate of drug-likeness (QED) is 0.355. The van der Waals surface area contributed by atoms with Crippen LogP contribution in [0.2, 0.25) is 0 Å². The SMILES string of the molecule is O/N=C(/c1ccc(F)cc1)C(Cl)Cl. The van der Waals surface area contributed by atoms with E-state index in [1.165, 1.54) is 24.3 Å². The predicted molar refractivity (Wildman–Crippen MR) is 50.2 cm³/mol. The fourth-order valence-corrected chi connectivity index (χ4v) is 1.19. The number of halogens is 3. The Kier molecular flexibility index (Phi) is 3.51. The van der Waals surface area contributed by atoms with Crippen molar-refractivity contribution in [1.29, 1.82) is 0 Å². The molecule has 0 aromatic heterocycles. The van der Waals surface area contributed by atoms with Gasteiger partial charge in [-0.05, 0) is 12.1 Å². The molecule has 0 aliphatic rings. The monoisotopic (exact) mass is 221 g/mol. The van der Waals surface area contributed by atoms with E-state index in [1.807, 2.05) is 0 Å². The molecule has 70 valence electrons. The average Bonchev–Trinajstić information content (AvgIpc) is 2.09. The molecule has 0 saturated heterocycles. The maximum absolute atomic E-state index is 12.5. The molecule has 5 heteroatoms. The van der Waals surface area contributed by atoms with Gasteiger partial charge in [-0.15, -0.1) is 0 Å². The fourth-order valence-electron chi connectivity index (χ4n) is 0.848. The van der Waals surface area contributed by atoms with Crippen LogP contribution in [0.5, 0.6) is 0 Å². The lowest BCUT2D eigenvalue weighted by atomic mass is 10.1. The van der Waals surface area contributed by atoms with Crippen LogP contribution in [0, 0.1) is 5.82 Å². The third kappa shape index (κ3) is 2.57. The Labute approximate surface area is 84.6 Å². The highest BCUT2D eigenvalue weighted by Gasteiger charge is 2.12. The van der Waals surface area contributed by atoms with Crippen molar-refractivity contribution in [1.82, 2.24) is 0 Å². The minimum Gasteiger partial charge on any atom is -0.411 e. The molecule has 1 N–H and O–H groups in total. The van der Waals surface area contributed by atoms with Gasteiger partial charge in [0.05, 0.1) is 0 Å². The van der Waals surface area contributed by atoms with Crippen molar-refractivity contribution in [2.24, 2.45) is 5.16 Å². The summed E-state index contributed by atoms with van der Waals surface area (Å²) < 4.78 is 12.5. The first-order valence-electron chi connectivity index (χ1n) is 3.41. The van der Waals surface area contributed by atoms with E-state index in [0.29, 0.717) is 5.56 Å². The molecule has 0 fully saturated rings. The molecule has 0 heterocycles. The highest BCUT2D eigenvalue weighted by atomic mass is 35.5. The molecule has 2 nitrogen and oxygen atoms in total. The highest BCUT2D eigenvalue weighted by molar-refractivity contribution is 6.56. The predicted octanol–water partition coefficient (Wildman–Crippen LogP) is 2.81. The number of hydrogen-bond donors (Lipinski definition) is 1. The molecule has 0 bridgehead atoms. The van der Waals surface area contributed by atoms with E-state index < -0.39 is 4.84 Å². The second kappa shape index (κ2) is 4.44. The summed E-state index contributed by atoms with van der Waals surface area (Å²) >= 11 is 11.0. The Morgan fingerprint density at radius 2 is 1.85 bits per heavy atom. The first-order valence-corrected chi connectivity index (χ1v) is 4.28. The van der Waals surface area contributed by atoms with Crippen LogP contribution in [0.4, 0.5) is 4.39 Å². The summed E-state index contributed by atoms with van der Waals surface area (Å²) in [7, 11) is 0. The summed E-state index contributed by atoms with van der Waals surface area (Å²) in [6, 6.07) is 5.33. The molecule has 0 radical (unpaired) electrons. The zero-order chi connectivity index (χ0) is 9.84. The van der Waals surface area contributed by atoms with E-state index in [2.05, 4.69) is 5.16 Å². The molecule has 0 aliphatic heterocycles. The molecule has 0 unspecified atom stereocenters. The van der Waals surface area contributed by atoms with Gasteiger partial charge in [-0.25, -0.2) is 4.39 Å². The molecule has 1 rings (SSSR count). The van der Waals surface area contributed by atoms with Gasteiger partial charge in [-0.1, -0.05) is 40.5 Å². The summed E-state index contributed by atoms with van der Waals surface area (Å²) in [4.78, 5) is -0.935. The van der Waals surface area contributed by atoms with Crippen molar-refractivity contribution in [3.63, 3.8) is 0 Å². The fraction of sp³-hybridized carbons (Fsp3) is 0.125. The maximum atomic E-state index is 12.5. The molecule has 0 atom stereocenters. The summed E-state index contributed by atoms with van der Waals surface area (Å²) in [5.41, 5.74) is 0.585. The molecule has 0 aliphatic carbocycles. The Morgan fingerprint density at radius 3 is 2.23 bits per heavy atom. The first-order chi connectivity index (χ1) is 6.15. The average molecular weight is 222 g/mol. The van der Waals surface area contributed by atoms with Crippen LogP contribution in [0.3, 0.4) is 0 Å². The Morgan fingerprint density at radius 1 is 1.31 bits per heavy atom. The minimum absolute atomic E-state index is 0.100. The number of rotatable bonds is 2. The molecule has 1 aromatic carbocycles. The number of benzene rings is 1. The Bertz CT molecular complexity index is 310. The van der Waals surface area contributed by atoms with Crippen LogP contribution in [0.25, 0.3) is 0 Å². The largest absolute Gasteiger partial charge is 0.411 e. The summed E-state index contributed by atoms with van der Waals surface area (Å²) in [5, 5.41) is 11.5. The minimum atomic E-state index is -0.935. The van der Waals surface area contributed by atoms with Crippen LogP contribution in [0.15, 0.2) is 29.4 Å². The van der Waals surface area contributed by atoms with Crippen molar-refractivity contribution in [2.75, 3.05) is 0 Å². The lowest BCUT2D eigenvalue weighted by molar-refractivity contribution is 0.319. The Hall–Kier alpha value is -0.800. The van der Waals surface area contributed by atoms with Crippen LogP contribution in [0.1, 0.15) is 5.56 Å². The topological polar surface area (TPSA) is 32.6 Å². The van der Waals surface area contributed by atoms with E-state index in [9.17, 15) is 4.39 Å². The van der Waals surface area contributed by atoms with Crippen LogP contribution in [-0.4, -0.2) is 15.8 Å². The third-order valence-corrected chi connectivity index (χ3v) is 1.87. The van der Waals surface area contributed by atoms with Crippen molar-refractivity contribution in [3.05, 3.63) is 35.6 Å². The number of oxime groups is 1. The standard InChI is InChI=1S/C8H6Cl2FNO/c9-8(10)7(12-13)5-1-3-6(11)4-2-5/h1-4,8,13H/b12-7-. The molecule has 0 spiro atoms. The van der Waals surface area contributed by atoms with E-state index in [1.54, 1.807) is 0 Å². The molecule has 0 saturated carbocycles. The maximum Gasteiger partial charge on any atom is 0.153 e. The summed E-state index contributed by atoms with van der Waals surface area (Å²) in [6.07, 6.45) is 0. The highest BCUT2D eigenvalue weighted by Crippen LogP contribution is 2.13. The van der Waals surface area contributed by atoms with Crippen molar-refractivity contribution < 1.29 is 9.60 Å². The molecular weight excluding hydrogens is 216 g/mol. The zero-order valence-corrected chi connectivity index (χ0v) is 7.93. The smallest absolute Gasteiger partial charge is 0.153 e. The number of nitrogens with zero attached hydrogens (tertiary/aromatic N) is 1. The van der Waals surface area contributed by atoms with Gasteiger partial charge in [0, 0.05) is 5.56 Å². The van der Waals surface area contributed by atoms with E-state index >= 15 is 0 Å². The van der Waals surface area contributed by atoms with Gasteiger partial charge in [-0.3, -0.25) is 0 Å². The Balaban J connectivity index is 3.00. The van der Waals surface area contributed by atoms with Crippen molar-refractivity contribution >= 4 is 28.9 Å². The van der Waals surface area contributed by atoms with Crippen molar-refractivity contribution in [3.8, 4) is 0 Å². The molecule has 1 aromatic rings. The van der Waals surface area contributed by atoms with Crippen LogP contribution < -0.4 is 0 Å². The van der Waals surface area contributed by atoms with Crippen LogP contribution >= 0.6 is 23.2 Å². The number of alkyl halides is 2. The van der Waals surface area contributed by atoms with E-state index in [4.69, 9.17) is 28.4 Å². The molecular formula is C8H6Cl2FNO. The van der Waals surface area contributed by atoms with Gasteiger partial charge < -0.3 is 5.21 Å². The molecule has 0 amide bonds. The van der Waals surface area contributed by atoms with Gasteiger partial charge >= 0.3 is 0 Å². The van der Waals surface area contributed by atoms with E-state index in [0.717, 1.165) is 0 Å². The van der Waals surface area contributed by atoms with E-state index in [-0.39, 0.29) is 11.5 Å². The number of hydrogen-bond acceptors (Lipinski definition) is 2. The lowest BCUT2D eigenvalue weighted by Crippen LogP contribution is -2.09. The lowest BCUT2D eigenvalue weighted by Gasteiger charge is -2.03. The van der Waals surface area contributed by atoms with Gasteiger partial charge in [-0.2, -0.15) is 0 Å². The van der Waals surface area contributed by atoms with Gasteiger partial charge in [0.15, 0.2) is 4.84 Å². The zero-order valence-electron chi connectivity index (χ0n) is 6.42. The second-order valence-corrected chi connectivity index (χ2v) is 3.39. The molecule has 13 heavy (non-hydrogen) atoms. The summed E-state index contributed by atoms with van der Waals surface area (Å²) in [6.45, 7) is 0. The van der Waals surface area contributed by atoms with Crippen molar-refractivity contribution in [2.45, 2.75) is 4.84 Å². The summed E-state index contributed by atoms with van der Waals surface area (Å²) in [5.74, 6) is -0.373. The van der Waals surface area contributed by atoms with Crippen LogP contribution in [-0.2, 0) is 0 Å². The first kappa shape index (κ1) is 10.3. The van der Waals surface area contributed by atoms with Gasteiger partial charge in [0.25, 0.3) is 0 Å². The van der Waals surface area contributed by atoms with Gasteiger partial charge in [0.1, 0.15) is 11.5 Å². The second-order valence-electron chi connectivity index (χ2n) is 2.29. The van der Waals surface area contributed by atoms with Gasteiger partial charge in [0.2, 0.25) is 0 Å². The third-order valence-electron chi connectivity index (χ3n) is 1.45. The normalized spacial score (nSPS) is 12.2.